The van der Waals surface area contributed by atoms with Gasteiger partial charge in [-0.2, -0.15) is 9.97 Å². The quantitative estimate of drug-likeness (QED) is 0.146. The van der Waals surface area contributed by atoms with Crippen molar-refractivity contribution in [3.63, 3.8) is 0 Å². The number of hydrogen-bond donors (Lipinski definition) is 2. The van der Waals surface area contributed by atoms with Crippen molar-refractivity contribution < 1.29 is 23.4 Å². The van der Waals surface area contributed by atoms with E-state index >= 15 is 4.39 Å². The van der Waals surface area contributed by atoms with Crippen molar-refractivity contribution in [3.05, 3.63) is 47.7 Å². The highest BCUT2D eigenvalue weighted by Crippen LogP contribution is 2.42. The molecule has 4 fully saturated rings. The normalized spacial score (nSPS) is 20.4. The van der Waals surface area contributed by atoms with Crippen LogP contribution in [-0.2, 0) is 4.79 Å². The Labute approximate surface area is 309 Å². The number of terminal acetylenes is 1. The van der Waals surface area contributed by atoms with Crippen molar-refractivity contribution in [2.24, 2.45) is 5.92 Å². The van der Waals surface area contributed by atoms with Crippen LogP contribution in [0.4, 0.5) is 14.6 Å². The Bertz CT molecular complexity index is 2110. The van der Waals surface area contributed by atoms with Gasteiger partial charge in [-0.3, -0.25) is 20.1 Å². The number of halogens is 2. The predicted molar refractivity (Wildman–Crippen MR) is 202 cm³/mol. The van der Waals surface area contributed by atoms with E-state index in [9.17, 15) is 14.3 Å². The first kappa shape index (κ1) is 36.5. The summed E-state index contributed by atoms with van der Waals surface area (Å²) in [4.78, 5) is 33.9. The van der Waals surface area contributed by atoms with Crippen molar-refractivity contribution in [1.29, 1.82) is 5.41 Å². The summed E-state index contributed by atoms with van der Waals surface area (Å²) in [5.74, 6) is 1.25. The molecule has 6 heterocycles. The summed E-state index contributed by atoms with van der Waals surface area (Å²) >= 11 is 0. The van der Waals surface area contributed by atoms with E-state index in [1.165, 1.54) is 30.5 Å². The zero-order valence-corrected chi connectivity index (χ0v) is 30.9. The van der Waals surface area contributed by atoms with Crippen LogP contribution < -0.4 is 9.64 Å². The Morgan fingerprint density at radius 1 is 1.11 bits per heavy atom. The van der Waals surface area contributed by atoms with Crippen LogP contribution in [-0.4, -0.2) is 91.9 Å². The van der Waals surface area contributed by atoms with Crippen molar-refractivity contribution in [1.82, 2.24) is 24.8 Å². The van der Waals surface area contributed by atoms with E-state index in [4.69, 9.17) is 21.6 Å². The van der Waals surface area contributed by atoms with Gasteiger partial charge < -0.3 is 19.6 Å². The highest BCUT2D eigenvalue weighted by atomic mass is 19.1. The standard InChI is InChI=1S/C39H41F2N7O3.C2H6/c1-4-27-30(40)10-7-23-16-26(49)17-28(32(23)27)34-33(41)35-29(18-43-34)36(45-38(44-35)51-21-39-11-5-13-47(39)14-6-12-39)46-19-24-8-9-25(20-46)48(24)37(50)31(42)15-22(2)3;1-2/h1,7,10,16-18,22,24-25,42,49H,5-6,8-9,11-15,19-21H2,2-3H3;1-2H3. The lowest BCUT2D eigenvalue weighted by Crippen LogP contribution is -2.57. The van der Waals surface area contributed by atoms with Crippen molar-refractivity contribution in [2.45, 2.75) is 90.3 Å². The maximum Gasteiger partial charge on any atom is 0.319 e. The van der Waals surface area contributed by atoms with Crippen LogP contribution in [0.25, 0.3) is 32.9 Å². The second kappa shape index (κ2) is 14.5. The number of carbonyl (C=O) groups excluding carboxylic acids is 1. The molecule has 4 aliphatic heterocycles. The van der Waals surface area contributed by atoms with Crippen LogP contribution in [0.5, 0.6) is 11.8 Å². The van der Waals surface area contributed by atoms with Crippen LogP contribution in [0.15, 0.2) is 30.5 Å². The molecule has 2 aromatic heterocycles. The summed E-state index contributed by atoms with van der Waals surface area (Å²) in [6, 6.07) is 5.27. The molecule has 4 aliphatic rings. The number of aromatic nitrogens is 3. The highest BCUT2D eigenvalue weighted by Gasteiger charge is 2.46. The fraction of sp³-hybridized carbons (Fsp3) is 0.488. The number of nitrogens with zero attached hydrogens (tertiary/aromatic N) is 6. The SMILES string of the molecule is C#Cc1c(F)ccc2cc(O)cc(-c3ncc4c(N5CC6CCC(C5)N6C(=O)C(=N)CC(C)C)nc(OCC56CCCN5CCC6)nc4c3F)c12.CC. The van der Waals surface area contributed by atoms with Crippen LogP contribution in [0, 0.1) is 35.3 Å². The maximum atomic E-state index is 17.0. The van der Waals surface area contributed by atoms with Gasteiger partial charge in [0.05, 0.1) is 34.3 Å². The smallest absolute Gasteiger partial charge is 0.319 e. The number of fused-ring (bicyclic) bond motifs is 5. The average molecular weight is 724 g/mol. The number of phenols is 1. The van der Waals surface area contributed by atoms with E-state index in [0.717, 1.165) is 51.6 Å². The molecule has 53 heavy (non-hydrogen) atoms. The summed E-state index contributed by atoms with van der Waals surface area (Å²) in [7, 11) is 0. The van der Waals surface area contributed by atoms with Gasteiger partial charge in [-0.15, -0.1) is 6.42 Å². The fourth-order valence-corrected chi connectivity index (χ4v) is 8.99. The van der Waals surface area contributed by atoms with E-state index in [-0.39, 0.29) is 74.6 Å². The summed E-state index contributed by atoms with van der Waals surface area (Å²) in [5, 5.41) is 20.1. The Balaban J connectivity index is 0.00000214. The minimum absolute atomic E-state index is 0.0214. The third kappa shape index (κ3) is 6.43. The third-order valence-electron chi connectivity index (χ3n) is 11.3. The van der Waals surface area contributed by atoms with Crippen LogP contribution >= 0.6 is 0 Å². The molecule has 4 aromatic rings. The van der Waals surface area contributed by atoms with Gasteiger partial charge in [0.2, 0.25) is 0 Å². The monoisotopic (exact) mass is 723 g/mol. The number of hydrogen-bond acceptors (Lipinski definition) is 9. The number of aromatic hydroxyl groups is 1. The van der Waals surface area contributed by atoms with Gasteiger partial charge in [-0.1, -0.05) is 39.7 Å². The molecule has 10 nitrogen and oxygen atoms in total. The van der Waals surface area contributed by atoms with Crippen LogP contribution in [0.2, 0.25) is 0 Å². The minimum Gasteiger partial charge on any atom is -0.508 e. The Morgan fingerprint density at radius 3 is 2.47 bits per heavy atom. The first-order valence-electron chi connectivity index (χ1n) is 18.9. The molecule has 2 atom stereocenters. The van der Waals surface area contributed by atoms with Crippen LogP contribution in [0.3, 0.4) is 0 Å². The number of carbonyl (C=O) groups is 1. The molecule has 2 unspecified atom stereocenters. The predicted octanol–water partition coefficient (Wildman–Crippen LogP) is 7.09. The molecule has 0 spiro atoms. The van der Waals surface area contributed by atoms with E-state index in [2.05, 4.69) is 25.7 Å². The zero-order chi connectivity index (χ0) is 37.6. The number of anilines is 1. The van der Waals surface area contributed by atoms with E-state index in [0.29, 0.717) is 42.7 Å². The van der Waals surface area contributed by atoms with Gasteiger partial charge in [0, 0.05) is 30.2 Å². The molecule has 1 amide bonds. The summed E-state index contributed by atoms with van der Waals surface area (Å²) < 4.78 is 38.3. The molecule has 2 bridgehead atoms. The summed E-state index contributed by atoms with van der Waals surface area (Å²) in [6.45, 7) is 11.3. The lowest BCUT2D eigenvalue weighted by Gasteiger charge is -2.42. The first-order chi connectivity index (χ1) is 25.6. The molecule has 0 saturated carbocycles. The highest BCUT2D eigenvalue weighted by molar-refractivity contribution is 6.37. The van der Waals surface area contributed by atoms with Gasteiger partial charge in [0.1, 0.15) is 35.2 Å². The number of rotatable bonds is 8. The number of pyridine rings is 1. The number of amides is 1. The number of nitrogens with one attached hydrogen (secondary N) is 1. The van der Waals surface area contributed by atoms with Gasteiger partial charge >= 0.3 is 6.01 Å². The average Bonchev–Trinajstić information content (AvgIpc) is 3.81. The molecule has 12 heteroatoms. The second-order valence-corrected chi connectivity index (χ2v) is 15.0. The molecule has 2 aromatic carbocycles. The van der Waals surface area contributed by atoms with Gasteiger partial charge in [0.15, 0.2) is 5.82 Å². The number of piperazine rings is 1. The molecule has 0 aliphatic carbocycles. The lowest BCUT2D eigenvalue weighted by atomic mass is 9.95. The maximum absolute atomic E-state index is 17.0. The topological polar surface area (TPSA) is 119 Å². The van der Waals surface area contributed by atoms with Gasteiger partial charge in [-0.25, -0.2) is 8.78 Å². The van der Waals surface area contributed by atoms with Crippen molar-refractivity contribution in [3.8, 4) is 35.4 Å². The fourth-order valence-electron chi connectivity index (χ4n) is 8.99. The first-order valence-corrected chi connectivity index (χ1v) is 18.9. The molecule has 0 radical (unpaired) electrons. The minimum atomic E-state index is -0.777. The largest absolute Gasteiger partial charge is 0.508 e. The molecule has 4 saturated heterocycles. The Morgan fingerprint density at radius 2 is 1.81 bits per heavy atom. The van der Waals surface area contributed by atoms with Crippen molar-refractivity contribution in [2.75, 3.05) is 37.7 Å². The number of ether oxygens (including phenoxy) is 1. The molecule has 8 rings (SSSR count). The molecule has 278 valence electrons. The lowest BCUT2D eigenvalue weighted by molar-refractivity contribution is -0.127. The summed E-state index contributed by atoms with van der Waals surface area (Å²) in [5.41, 5.74) is -0.0554. The van der Waals surface area contributed by atoms with E-state index in [1.54, 1.807) is 0 Å². The molecular weight excluding hydrogens is 676 g/mol. The number of phenolic OH excluding ortho intramolecular Hbond substituents is 1. The third-order valence-corrected chi connectivity index (χ3v) is 11.3. The zero-order valence-electron chi connectivity index (χ0n) is 30.9. The Kier molecular flexibility index (Phi) is 9.98. The van der Waals surface area contributed by atoms with E-state index in [1.807, 2.05) is 32.6 Å². The van der Waals surface area contributed by atoms with Gasteiger partial charge in [0.25, 0.3) is 5.91 Å². The molecule has 2 N–H and O–H groups in total. The van der Waals surface area contributed by atoms with Crippen molar-refractivity contribution >= 4 is 39.1 Å². The Hall–Kier alpha value is -4.89. The summed E-state index contributed by atoms with van der Waals surface area (Å²) in [6.07, 6.45) is 13.4. The second-order valence-electron chi connectivity index (χ2n) is 15.0. The van der Waals surface area contributed by atoms with Crippen LogP contribution in [0.1, 0.15) is 78.2 Å². The van der Waals surface area contributed by atoms with Gasteiger partial charge in [-0.05, 0) is 87.5 Å². The number of benzene rings is 2. The van der Waals surface area contributed by atoms with E-state index < -0.39 is 11.6 Å². The molecular formula is C41H47F2N7O3.